The summed E-state index contributed by atoms with van der Waals surface area (Å²) in [6, 6.07) is 8.71. The summed E-state index contributed by atoms with van der Waals surface area (Å²) in [5.41, 5.74) is 2.84. The number of hydrogen-bond donors (Lipinski definition) is 2. The highest BCUT2D eigenvalue weighted by molar-refractivity contribution is 14.0. The van der Waals surface area contributed by atoms with Gasteiger partial charge in [-0.2, -0.15) is 5.10 Å². The molecular formula is C22H33IN6O. The smallest absolute Gasteiger partial charge is 0.193 e. The predicted octanol–water partition coefficient (Wildman–Crippen LogP) is 3.66. The number of guanidine groups is 1. The second kappa shape index (κ2) is 11.6. The number of H-pyrrole nitrogens is 1. The van der Waals surface area contributed by atoms with E-state index in [9.17, 15) is 0 Å². The predicted molar refractivity (Wildman–Crippen MR) is 129 cm³/mol. The molecule has 1 aliphatic carbocycles. The molecule has 1 atom stereocenters. The highest BCUT2D eigenvalue weighted by atomic mass is 127. The van der Waals surface area contributed by atoms with Gasteiger partial charge < -0.3 is 15.0 Å². The number of ether oxygens (including phenoxy) is 1. The number of aromatic nitrogens is 3. The molecule has 2 aliphatic rings. The third-order valence-electron chi connectivity index (χ3n) is 6.06. The van der Waals surface area contributed by atoms with E-state index >= 15 is 0 Å². The molecule has 7 nitrogen and oxygen atoms in total. The Kier molecular flexibility index (Phi) is 8.92. The lowest BCUT2D eigenvalue weighted by molar-refractivity contribution is 0.0397. The molecule has 2 aromatic rings. The zero-order valence-electron chi connectivity index (χ0n) is 17.7. The van der Waals surface area contributed by atoms with Crippen molar-refractivity contribution in [3.05, 3.63) is 47.5 Å². The number of nitrogens with zero attached hydrogens (tertiary/aromatic N) is 4. The fraction of sp³-hybridized carbons (Fsp3) is 0.591. The molecule has 1 saturated heterocycles. The second-order valence-corrected chi connectivity index (χ2v) is 7.91. The average molecular weight is 524 g/mol. The number of hydrogen-bond acceptors (Lipinski definition) is 4. The monoisotopic (exact) mass is 524 g/mol. The fourth-order valence-electron chi connectivity index (χ4n) is 4.49. The van der Waals surface area contributed by atoms with Crippen LogP contribution in [0, 0.1) is 0 Å². The summed E-state index contributed by atoms with van der Waals surface area (Å²) in [6.45, 7) is 3.63. The largest absolute Gasteiger partial charge is 0.373 e. The van der Waals surface area contributed by atoms with Gasteiger partial charge in [0.2, 0.25) is 0 Å². The lowest BCUT2D eigenvalue weighted by atomic mass is 9.89. The number of nitrogens with one attached hydrogen (secondary N) is 2. The summed E-state index contributed by atoms with van der Waals surface area (Å²) in [7, 11) is 1.86. The van der Waals surface area contributed by atoms with Crippen LogP contribution in [0.1, 0.15) is 61.1 Å². The SMILES string of the molecule is CN=C(NCCCOC1CCCc2ccccc21)N1CCC(c2ncn[nH]2)CC1.I. The number of likely N-dealkylation sites (tertiary alicyclic amines) is 1. The van der Waals surface area contributed by atoms with Crippen molar-refractivity contribution in [1.82, 2.24) is 25.4 Å². The molecule has 164 valence electrons. The Morgan fingerprint density at radius 2 is 2.10 bits per heavy atom. The van der Waals surface area contributed by atoms with E-state index in [2.05, 4.69) is 54.7 Å². The van der Waals surface area contributed by atoms with Gasteiger partial charge in [0, 0.05) is 39.2 Å². The highest BCUT2D eigenvalue weighted by Gasteiger charge is 2.24. The third-order valence-corrected chi connectivity index (χ3v) is 6.06. The Balaban J connectivity index is 0.00000256. The van der Waals surface area contributed by atoms with Crippen LogP contribution in [-0.4, -0.2) is 59.3 Å². The molecule has 2 heterocycles. The van der Waals surface area contributed by atoms with Gasteiger partial charge in [-0.3, -0.25) is 10.1 Å². The lowest BCUT2D eigenvalue weighted by Gasteiger charge is -2.33. The topological polar surface area (TPSA) is 78.4 Å². The molecule has 0 bridgehead atoms. The molecule has 4 rings (SSSR count). The van der Waals surface area contributed by atoms with Gasteiger partial charge in [-0.1, -0.05) is 24.3 Å². The zero-order chi connectivity index (χ0) is 19.9. The third kappa shape index (κ3) is 5.72. The van der Waals surface area contributed by atoms with Crippen molar-refractivity contribution >= 4 is 29.9 Å². The van der Waals surface area contributed by atoms with Crippen molar-refractivity contribution in [2.75, 3.05) is 33.3 Å². The van der Waals surface area contributed by atoms with Crippen LogP contribution in [0.2, 0.25) is 0 Å². The van der Waals surface area contributed by atoms with Crippen LogP contribution < -0.4 is 5.32 Å². The molecular weight excluding hydrogens is 491 g/mol. The summed E-state index contributed by atoms with van der Waals surface area (Å²) in [6.07, 6.45) is 8.50. The van der Waals surface area contributed by atoms with Crippen molar-refractivity contribution in [2.24, 2.45) is 4.99 Å². The molecule has 30 heavy (non-hydrogen) atoms. The van der Waals surface area contributed by atoms with E-state index in [1.807, 2.05) is 7.05 Å². The number of benzene rings is 1. The van der Waals surface area contributed by atoms with E-state index in [0.717, 1.165) is 63.7 Å². The van der Waals surface area contributed by atoms with Crippen LogP contribution in [0.4, 0.5) is 0 Å². The normalized spacial score (nSPS) is 19.8. The van der Waals surface area contributed by atoms with Gasteiger partial charge in [-0.05, 0) is 49.7 Å². The average Bonchev–Trinajstić information content (AvgIpc) is 3.31. The van der Waals surface area contributed by atoms with Gasteiger partial charge in [0.05, 0.1) is 6.10 Å². The first kappa shape index (κ1) is 23.0. The van der Waals surface area contributed by atoms with E-state index in [1.165, 1.54) is 24.0 Å². The maximum Gasteiger partial charge on any atom is 0.193 e. The summed E-state index contributed by atoms with van der Waals surface area (Å²) in [4.78, 5) is 11.1. The van der Waals surface area contributed by atoms with Gasteiger partial charge >= 0.3 is 0 Å². The van der Waals surface area contributed by atoms with Crippen LogP contribution in [0.25, 0.3) is 0 Å². The molecule has 1 fully saturated rings. The highest BCUT2D eigenvalue weighted by Crippen LogP contribution is 2.32. The quantitative estimate of drug-likeness (QED) is 0.261. The fourth-order valence-corrected chi connectivity index (χ4v) is 4.49. The molecule has 1 aromatic carbocycles. The first-order valence-electron chi connectivity index (χ1n) is 10.9. The first-order chi connectivity index (χ1) is 14.3. The molecule has 0 spiro atoms. The van der Waals surface area contributed by atoms with Crippen molar-refractivity contribution < 1.29 is 4.74 Å². The molecule has 0 radical (unpaired) electrons. The van der Waals surface area contributed by atoms with E-state index in [0.29, 0.717) is 5.92 Å². The summed E-state index contributed by atoms with van der Waals surface area (Å²) in [5, 5.41) is 10.5. The minimum Gasteiger partial charge on any atom is -0.373 e. The van der Waals surface area contributed by atoms with Gasteiger partial charge in [-0.15, -0.1) is 24.0 Å². The Morgan fingerprint density at radius 3 is 2.87 bits per heavy atom. The number of rotatable bonds is 6. The number of piperidine rings is 1. The first-order valence-corrected chi connectivity index (χ1v) is 10.9. The molecule has 8 heteroatoms. The number of halogens is 1. The summed E-state index contributed by atoms with van der Waals surface area (Å²) >= 11 is 0. The number of aryl methyl sites for hydroxylation is 1. The van der Waals surface area contributed by atoms with E-state index in [4.69, 9.17) is 4.74 Å². The number of aliphatic imine (C=N–C) groups is 1. The van der Waals surface area contributed by atoms with Crippen molar-refractivity contribution in [3.63, 3.8) is 0 Å². The number of fused-ring (bicyclic) bond motifs is 1. The second-order valence-electron chi connectivity index (χ2n) is 7.91. The van der Waals surface area contributed by atoms with Crippen LogP contribution in [0.15, 0.2) is 35.6 Å². The lowest BCUT2D eigenvalue weighted by Crippen LogP contribution is -2.45. The Bertz CT molecular complexity index is 789. The Morgan fingerprint density at radius 1 is 1.27 bits per heavy atom. The molecule has 0 saturated carbocycles. The summed E-state index contributed by atoms with van der Waals surface area (Å²) in [5.74, 6) is 2.47. The minimum absolute atomic E-state index is 0. The van der Waals surface area contributed by atoms with E-state index < -0.39 is 0 Å². The molecule has 0 amide bonds. The molecule has 1 aromatic heterocycles. The standard InChI is InChI=1S/C22H32N6O.HI/c1-23-22(28-13-10-18(11-14-28)21-25-16-26-27-21)24-12-5-15-29-20-9-4-7-17-6-2-3-8-19(17)20;/h2-3,6,8,16,18,20H,4-5,7,9-15H2,1H3,(H,23,24)(H,25,26,27);1H. The van der Waals surface area contributed by atoms with Crippen LogP contribution in [0.5, 0.6) is 0 Å². The van der Waals surface area contributed by atoms with Gasteiger partial charge in [0.1, 0.15) is 12.2 Å². The van der Waals surface area contributed by atoms with Crippen LogP contribution in [0.3, 0.4) is 0 Å². The van der Waals surface area contributed by atoms with Crippen molar-refractivity contribution in [1.29, 1.82) is 0 Å². The van der Waals surface area contributed by atoms with Gasteiger partial charge in [0.15, 0.2) is 5.96 Å². The molecule has 1 aliphatic heterocycles. The molecule has 1 unspecified atom stereocenters. The van der Waals surface area contributed by atoms with E-state index in [-0.39, 0.29) is 30.1 Å². The Hall–Kier alpha value is -1.68. The zero-order valence-corrected chi connectivity index (χ0v) is 20.0. The van der Waals surface area contributed by atoms with Gasteiger partial charge in [-0.25, -0.2) is 4.98 Å². The Labute approximate surface area is 196 Å². The van der Waals surface area contributed by atoms with Crippen molar-refractivity contribution in [3.8, 4) is 0 Å². The van der Waals surface area contributed by atoms with Gasteiger partial charge in [0.25, 0.3) is 0 Å². The van der Waals surface area contributed by atoms with Crippen LogP contribution in [-0.2, 0) is 11.2 Å². The summed E-state index contributed by atoms with van der Waals surface area (Å²) < 4.78 is 6.22. The maximum absolute atomic E-state index is 6.22. The van der Waals surface area contributed by atoms with Crippen molar-refractivity contribution in [2.45, 2.75) is 50.5 Å². The maximum atomic E-state index is 6.22. The molecule has 2 N–H and O–H groups in total. The van der Waals surface area contributed by atoms with E-state index in [1.54, 1.807) is 6.33 Å². The van der Waals surface area contributed by atoms with Crippen LogP contribution >= 0.6 is 24.0 Å². The number of aromatic amines is 1. The minimum atomic E-state index is 0.